The predicted octanol–water partition coefficient (Wildman–Crippen LogP) is 4.13. The van der Waals surface area contributed by atoms with Gasteiger partial charge in [-0.25, -0.2) is 15.0 Å². The molecule has 1 aliphatic rings. The standard InChI is InChI=1S/C29H38N10O/c1-19-16-31-18-39(19)25-9-8-22-27(34-25)29(2,3)17-38(22)26-10-11-32-28(35-26)33-21-14-20(30)23(15-24(21)40-7)37(6)13-12-36(4)5/h8-11,14-16,18H,12-13,17,30H2,1-7H3,(H,32,33,35). The number of hydrogen-bond donors (Lipinski definition) is 2. The monoisotopic (exact) mass is 542 g/mol. The van der Waals surface area contributed by atoms with Crippen LogP contribution in [0.15, 0.2) is 49.1 Å². The molecule has 0 unspecified atom stereocenters. The van der Waals surface area contributed by atoms with E-state index < -0.39 is 0 Å². The fraction of sp³-hybridized carbons (Fsp3) is 0.379. The highest BCUT2D eigenvalue weighted by Gasteiger charge is 2.38. The van der Waals surface area contributed by atoms with Gasteiger partial charge >= 0.3 is 0 Å². The summed E-state index contributed by atoms with van der Waals surface area (Å²) in [7, 11) is 7.78. The summed E-state index contributed by atoms with van der Waals surface area (Å²) in [4.78, 5) is 25.1. The van der Waals surface area contributed by atoms with Crippen molar-refractivity contribution >= 4 is 34.5 Å². The zero-order valence-corrected chi connectivity index (χ0v) is 24.3. The van der Waals surface area contributed by atoms with Gasteiger partial charge in [0.15, 0.2) is 0 Å². The molecule has 5 rings (SSSR count). The summed E-state index contributed by atoms with van der Waals surface area (Å²) in [5.41, 5.74) is 11.6. The molecule has 0 fully saturated rings. The third-order valence-corrected chi connectivity index (χ3v) is 7.22. The van der Waals surface area contributed by atoms with E-state index in [1.807, 2.05) is 49.0 Å². The van der Waals surface area contributed by atoms with E-state index in [0.29, 0.717) is 23.1 Å². The van der Waals surface area contributed by atoms with Crippen LogP contribution in [0.3, 0.4) is 0 Å². The summed E-state index contributed by atoms with van der Waals surface area (Å²) >= 11 is 0. The Morgan fingerprint density at radius 1 is 1.07 bits per heavy atom. The van der Waals surface area contributed by atoms with Gasteiger partial charge in [-0.3, -0.25) is 4.57 Å². The molecule has 210 valence electrons. The number of nitrogen functional groups attached to an aromatic ring is 1. The van der Waals surface area contributed by atoms with Gasteiger partial charge < -0.3 is 30.5 Å². The van der Waals surface area contributed by atoms with E-state index in [2.05, 4.69) is 64.0 Å². The maximum atomic E-state index is 6.46. The minimum Gasteiger partial charge on any atom is -0.494 e. The van der Waals surface area contributed by atoms with Crippen LogP contribution in [0.4, 0.5) is 34.5 Å². The first-order valence-electron chi connectivity index (χ1n) is 13.3. The van der Waals surface area contributed by atoms with E-state index >= 15 is 0 Å². The van der Waals surface area contributed by atoms with Crippen molar-refractivity contribution in [1.82, 2.24) is 29.4 Å². The van der Waals surface area contributed by atoms with Crippen LogP contribution in [0.25, 0.3) is 5.82 Å². The van der Waals surface area contributed by atoms with E-state index in [1.165, 1.54) is 0 Å². The van der Waals surface area contributed by atoms with Crippen LogP contribution in [-0.2, 0) is 5.41 Å². The highest BCUT2D eigenvalue weighted by Crippen LogP contribution is 2.43. The molecule has 11 nitrogen and oxygen atoms in total. The number of rotatable bonds is 9. The van der Waals surface area contributed by atoms with Crippen molar-refractivity contribution in [3.8, 4) is 11.6 Å². The number of pyridine rings is 1. The number of benzene rings is 1. The molecule has 4 aromatic rings. The zero-order chi connectivity index (χ0) is 28.6. The number of anilines is 6. The Balaban J connectivity index is 1.42. The molecule has 0 saturated carbocycles. The van der Waals surface area contributed by atoms with Crippen LogP contribution in [0.5, 0.6) is 5.75 Å². The zero-order valence-electron chi connectivity index (χ0n) is 24.3. The number of hydrogen-bond acceptors (Lipinski definition) is 10. The van der Waals surface area contributed by atoms with Gasteiger partial charge in [0, 0.05) is 56.3 Å². The maximum Gasteiger partial charge on any atom is 0.229 e. The van der Waals surface area contributed by atoms with Gasteiger partial charge in [0.2, 0.25) is 5.95 Å². The summed E-state index contributed by atoms with van der Waals surface area (Å²) in [5.74, 6) is 2.75. The fourth-order valence-corrected chi connectivity index (χ4v) is 4.99. The molecule has 1 aromatic carbocycles. The van der Waals surface area contributed by atoms with Gasteiger partial charge in [-0.1, -0.05) is 13.8 Å². The molecule has 1 aliphatic heterocycles. The van der Waals surface area contributed by atoms with Gasteiger partial charge in [-0.05, 0) is 45.3 Å². The number of aryl methyl sites for hydroxylation is 1. The van der Waals surface area contributed by atoms with Gasteiger partial charge in [-0.15, -0.1) is 0 Å². The minimum absolute atomic E-state index is 0.176. The highest BCUT2D eigenvalue weighted by atomic mass is 16.5. The highest BCUT2D eigenvalue weighted by molar-refractivity contribution is 5.79. The quantitative estimate of drug-likeness (QED) is 0.299. The number of nitrogens with one attached hydrogen (secondary N) is 1. The van der Waals surface area contributed by atoms with Crippen LogP contribution < -0.4 is 25.6 Å². The minimum atomic E-state index is -0.176. The Hall–Kier alpha value is -4.38. The Morgan fingerprint density at radius 3 is 2.58 bits per heavy atom. The summed E-state index contributed by atoms with van der Waals surface area (Å²) in [6.07, 6.45) is 5.38. The molecular weight excluding hydrogens is 504 g/mol. The topological polar surface area (TPSA) is 113 Å². The third kappa shape index (κ3) is 5.24. The average Bonchev–Trinajstić information content (AvgIpc) is 3.47. The lowest BCUT2D eigenvalue weighted by atomic mass is 9.91. The largest absolute Gasteiger partial charge is 0.494 e. The molecule has 3 N–H and O–H groups in total. The van der Waals surface area contributed by atoms with Gasteiger partial charge in [-0.2, -0.15) is 4.98 Å². The second-order valence-electron chi connectivity index (χ2n) is 11.1. The average molecular weight is 543 g/mol. The number of nitrogens with two attached hydrogens (primary N) is 1. The van der Waals surface area contributed by atoms with Crippen molar-refractivity contribution in [1.29, 1.82) is 0 Å². The number of nitrogens with zero attached hydrogens (tertiary/aromatic N) is 8. The lowest BCUT2D eigenvalue weighted by Gasteiger charge is -2.24. The fourth-order valence-electron chi connectivity index (χ4n) is 4.99. The van der Waals surface area contributed by atoms with Crippen molar-refractivity contribution in [3.05, 3.63) is 60.4 Å². The van der Waals surface area contributed by atoms with Crippen LogP contribution in [-0.4, -0.2) is 77.3 Å². The Kier molecular flexibility index (Phi) is 7.24. The van der Waals surface area contributed by atoms with Crippen molar-refractivity contribution in [2.75, 3.05) is 68.7 Å². The van der Waals surface area contributed by atoms with Gasteiger partial charge in [0.05, 0.1) is 35.6 Å². The third-order valence-electron chi connectivity index (χ3n) is 7.22. The number of aromatic nitrogens is 5. The van der Waals surface area contributed by atoms with Crippen molar-refractivity contribution in [2.45, 2.75) is 26.2 Å². The molecule has 3 aromatic heterocycles. The smallest absolute Gasteiger partial charge is 0.229 e. The van der Waals surface area contributed by atoms with Crippen LogP contribution >= 0.6 is 0 Å². The first-order chi connectivity index (χ1) is 19.1. The van der Waals surface area contributed by atoms with Crippen LogP contribution in [0, 0.1) is 6.92 Å². The molecule has 0 spiro atoms. The first kappa shape index (κ1) is 27.2. The summed E-state index contributed by atoms with van der Waals surface area (Å²) < 4.78 is 7.70. The number of methoxy groups -OCH3 is 1. The number of fused-ring (bicyclic) bond motifs is 1. The van der Waals surface area contributed by atoms with E-state index in [9.17, 15) is 0 Å². The van der Waals surface area contributed by atoms with Crippen molar-refractivity contribution in [3.63, 3.8) is 0 Å². The molecule has 0 amide bonds. The van der Waals surface area contributed by atoms with E-state index in [1.54, 1.807) is 19.6 Å². The number of imidazole rings is 1. The molecule has 0 saturated heterocycles. The van der Waals surface area contributed by atoms with Crippen LogP contribution in [0.2, 0.25) is 0 Å². The summed E-state index contributed by atoms with van der Waals surface area (Å²) in [6, 6.07) is 9.86. The van der Waals surface area contributed by atoms with E-state index in [-0.39, 0.29) is 5.41 Å². The molecule has 0 bridgehead atoms. The maximum absolute atomic E-state index is 6.46. The summed E-state index contributed by atoms with van der Waals surface area (Å²) in [5, 5.41) is 3.32. The molecule has 0 radical (unpaired) electrons. The molecule has 40 heavy (non-hydrogen) atoms. The van der Waals surface area contributed by atoms with Gasteiger partial charge in [0.1, 0.15) is 23.7 Å². The first-order valence-corrected chi connectivity index (χ1v) is 13.3. The Morgan fingerprint density at radius 2 is 1.88 bits per heavy atom. The predicted molar refractivity (Wildman–Crippen MR) is 161 cm³/mol. The Bertz CT molecular complexity index is 1510. The Labute approximate surface area is 235 Å². The van der Waals surface area contributed by atoms with Gasteiger partial charge in [0.25, 0.3) is 0 Å². The van der Waals surface area contributed by atoms with Crippen LogP contribution in [0.1, 0.15) is 25.2 Å². The molecular formula is C29H38N10O. The van der Waals surface area contributed by atoms with E-state index in [0.717, 1.165) is 54.0 Å². The SMILES string of the molecule is COc1cc(N(C)CCN(C)C)c(N)cc1Nc1nccc(N2CC(C)(C)c3nc(-n4cncc4C)ccc32)n1. The van der Waals surface area contributed by atoms with Crippen molar-refractivity contribution in [2.24, 2.45) is 0 Å². The lowest BCUT2D eigenvalue weighted by Crippen LogP contribution is -2.29. The normalized spacial score (nSPS) is 13.9. The number of likely N-dealkylation sites (N-methyl/N-ethyl adjacent to an activating group) is 2. The molecule has 11 heteroatoms. The molecule has 0 atom stereocenters. The second-order valence-corrected chi connectivity index (χ2v) is 11.1. The summed E-state index contributed by atoms with van der Waals surface area (Å²) in [6.45, 7) is 8.92. The lowest BCUT2D eigenvalue weighted by molar-refractivity contribution is 0.413. The van der Waals surface area contributed by atoms with E-state index in [4.69, 9.17) is 20.4 Å². The second kappa shape index (κ2) is 10.6. The molecule has 0 aliphatic carbocycles. The molecule has 4 heterocycles. The van der Waals surface area contributed by atoms with Crippen molar-refractivity contribution < 1.29 is 4.74 Å². The number of ether oxygens (including phenoxy) is 1.